The number of pyridine rings is 1. The fraction of sp³-hybridized carbons (Fsp3) is 0.421. The molecule has 0 saturated carbocycles. The summed E-state index contributed by atoms with van der Waals surface area (Å²) in [5, 5.41) is 4.03. The summed E-state index contributed by atoms with van der Waals surface area (Å²) >= 11 is 0. The molecule has 0 aromatic carbocycles. The molecule has 0 bridgehead atoms. The van der Waals surface area contributed by atoms with Gasteiger partial charge in [0.2, 0.25) is 0 Å². The fourth-order valence-corrected chi connectivity index (χ4v) is 3.24. The lowest BCUT2D eigenvalue weighted by atomic mass is 9.90. The van der Waals surface area contributed by atoms with Crippen LogP contribution in [-0.4, -0.2) is 34.1 Å². The van der Waals surface area contributed by atoms with Crippen molar-refractivity contribution >= 4 is 11.9 Å². The summed E-state index contributed by atoms with van der Waals surface area (Å²) in [6, 6.07) is 5.29. The molecule has 2 aromatic heterocycles. The Morgan fingerprint density at radius 2 is 2.08 bits per heavy atom. The summed E-state index contributed by atoms with van der Waals surface area (Å²) in [6.07, 6.45) is 3.45. The quantitative estimate of drug-likeness (QED) is 0.698. The van der Waals surface area contributed by atoms with E-state index in [2.05, 4.69) is 10.1 Å². The number of ether oxygens (including phenoxy) is 1. The molecule has 7 heteroatoms. The second kappa shape index (κ2) is 8.21. The number of hydrogen-bond donors (Lipinski definition) is 0. The number of nitrogens with zero attached hydrogens (tertiary/aromatic N) is 3. The van der Waals surface area contributed by atoms with E-state index in [1.807, 2.05) is 6.92 Å². The molecule has 0 aliphatic heterocycles. The molecule has 0 amide bonds. The highest BCUT2D eigenvalue weighted by atomic mass is 19.3. The maximum atomic E-state index is 12.8. The molecule has 0 N–H and O–H groups in total. The molecule has 0 radical (unpaired) electrons. The van der Waals surface area contributed by atoms with Crippen LogP contribution in [0.25, 0.3) is 5.57 Å². The lowest BCUT2D eigenvalue weighted by Crippen LogP contribution is -2.15. The van der Waals surface area contributed by atoms with Crippen molar-refractivity contribution in [1.82, 2.24) is 14.8 Å². The molecule has 1 aliphatic rings. The van der Waals surface area contributed by atoms with Crippen molar-refractivity contribution in [3.8, 4) is 5.75 Å². The summed E-state index contributed by atoms with van der Waals surface area (Å²) < 4.78 is 32.8. The van der Waals surface area contributed by atoms with Gasteiger partial charge in [-0.15, -0.1) is 0 Å². The van der Waals surface area contributed by atoms with E-state index in [1.165, 1.54) is 4.68 Å². The standard InChI is InChI=1S/C19H21F2N3O2/c1-13-6-7-18(16(11-25)23-13)26-12-14-4-2-3-5-15(14)17-8-9-22-24(17)10-19(20)21/h6-9,11,19H,2-5,10,12H2,1H3. The number of aryl methyl sites for hydroxylation is 1. The van der Waals surface area contributed by atoms with E-state index in [-0.39, 0.29) is 5.69 Å². The van der Waals surface area contributed by atoms with Crippen LogP contribution in [0.5, 0.6) is 5.75 Å². The third-order valence-electron chi connectivity index (χ3n) is 4.46. The molecule has 1 aliphatic carbocycles. The number of hydrogen-bond acceptors (Lipinski definition) is 4. The van der Waals surface area contributed by atoms with E-state index in [0.717, 1.165) is 48.2 Å². The molecule has 138 valence electrons. The van der Waals surface area contributed by atoms with Crippen molar-refractivity contribution in [2.45, 2.75) is 45.6 Å². The highest BCUT2D eigenvalue weighted by molar-refractivity contribution is 5.76. The van der Waals surface area contributed by atoms with Gasteiger partial charge >= 0.3 is 0 Å². The summed E-state index contributed by atoms with van der Waals surface area (Å²) in [5.74, 6) is 0.434. The first-order chi connectivity index (χ1) is 12.6. The fourth-order valence-electron chi connectivity index (χ4n) is 3.24. The third-order valence-corrected chi connectivity index (χ3v) is 4.46. The van der Waals surface area contributed by atoms with Gasteiger partial charge in [-0.05, 0) is 62.0 Å². The monoisotopic (exact) mass is 361 g/mol. The minimum atomic E-state index is -2.45. The Balaban J connectivity index is 1.85. The van der Waals surface area contributed by atoms with Gasteiger partial charge in [0.1, 0.15) is 24.6 Å². The summed E-state index contributed by atoms with van der Waals surface area (Å²) in [4.78, 5) is 15.4. The van der Waals surface area contributed by atoms with Gasteiger partial charge < -0.3 is 4.74 Å². The predicted octanol–water partition coefficient (Wildman–Crippen LogP) is 4.07. The number of carbonyl (C=O) groups is 1. The molecular formula is C19H21F2N3O2. The second-order valence-electron chi connectivity index (χ2n) is 6.32. The normalized spacial score (nSPS) is 14.8. The van der Waals surface area contributed by atoms with Crippen LogP contribution in [0.15, 0.2) is 30.0 Å². The van der Waals surface area contributed by atoms with Gasteiger partial charge in [-0.3, -0.25) is 9.48 Å². The van der Waals surface area contributed by atoms with Gasteiger partial charge in [0.15, 0.2) is 6.29 Å². The van der Waals surface area contributed by atoms with Crippen molar-refractivity contribution in [3.63, 3.8) is 0 Å². The Kier molecular flexibility index (Phi) is 5.75. The van der Waals surface area contributed by atoms with Crippen LogP contribution in [0.2, 0.25) is 0 Å². The smallest absolute Gasteiger partial charge is 0.257 e. The van der Waals surface area contributed by atoms with E-state index in [0.29, 0.717) is 18.6 Å². The molecule has 0 spiro atoms. The van der Waals surface area contributed by atoms with E-state index in [4.69, 9.17) is 4.74 Å². The Hall–Kier alpha value is -2.57. The summed E-state index contributed by atoms with van der Waals surface area (Å²) in [7, 11) is 0. The van der Waals surface area contributed by atoms with Crippen molar-refractivity contribution in [3.05, 3.63) is 47.1 Å². The average molecular weight is 361 g/mol. The Morgan fingerprint density at radius 3 is 2.85 bits per heavy atom. The van der Waals surface area contributed by atoms with Crippen LogP contribution in [0.4, 0.5) is 8.78 Å². The van der Waals surface area contributed by atoms with Crippen LogP contribution in [0.3, 0.4) is 0 Å². The molecule has 3 rings (SSSR count). The second-order valence-corrected chi connectivity index (χ2v) is 6.32. The van der Waals surface area contributed by atoms with Crippen LogP contribution in [-0.2, 0) is 6.54 Å². The Labute approximate surface area is 150 Å². The Morgan fingerprint density at radius 1 is 1.27 bits per heavy atom. The number of alkyl halides is 2. The zero-order valence-electron chi connectivity index (χ0n) is 14.6. The zero-order valence-corrected chi connectivity index (χ0v) is 14.6. The number of aldehydes is 1. The average Bonchev–Trinajstić information content (AvgIpc) is 3.08. The molecule has 0 atom stereocenters. The number of allylic oxidation sites excluding steroid dienone is 1. The predicted molar refractivity (Wildman–Crippen MR) is 93.5 cm³/mol. The van der Waals surface area contributed by atoms with Gasteiger partial charge in [0, 0.05) is 11.9 Å². The van der Waals surface area contributed by atoms with Crippen molar-refractivity contribution in [2.24, 2.45) is 0 Å². The van der Waals surface area contributed by atoms with E-state index < -0.39 is 13.0 Å². The highest BCUT2D eigenvalue weighted by Crippen LogP contribution is 2.33. The highest BCUT2D eigenvalue weighted by Gasteiger charge is 2.20. The molecule has 5 nitrogen and oxygen atoms in total. The molecule has 0 unspecified atom stereocenters. The maximum absolute atomic E-state index is 12.8. The maximum Gasteiger partial charge on any atom is 0.257 e. The lowest BCUT2D eigenvalue weighted by molar-refractivity contribution is 0.111. The minimum absolute atomic E-state index is 0.269. The topological polar surface area (TPSA) is 57.0 Å². The van der Waals surface area contributed by atoms with Crippen LogP contribution in [0.1, 0.15) is 47.6 Å². The van der Waals surface area contributed by atoms with Gasteiger partial charge in [-0.1, -0.05) is 0 Å². The number of halogens is 2. The molecular weight excluding hydrogens is 340 g/mol. The van der Waals surface area contributed by atoms with Gasteiger partial charge in [0.25, 0.3) is 6.43 Å². The van der Waals surface area contributed by atoms with E-state index >= 15 is 0 Å². The van der Waals surface area contributed by atoms with Crippen molar-refractivity contribution in [2.75, 3.05) is 6.61 Å². The summed E-state index contributed by atoms with van der Waals surface area (Å²) in [5.41, 5.74) is 3.81. The van der Waals surface area contributed by atoms with Crippen molar-refractivity contribution in [1.29, 1.82) is 0 Å². The minimum Gasteiger partial charge on any atom is -0.487 e. The SMILES string of the molecule is Cc1ccc(OCC2=C(c3ccnn3CC(F)F)CCCC2)c(C=O)n1. The number of rotatable bonds is 7. The first kappa shape index (κ1) is 18.2. The van der Waals surface area contributed by atoms with E-state index in [9.17, 15) is 13.6 Å². The molecule has 0 fully saturated rings. The van der Waals surface area contributed by atoms with Crippen LogP contribution >= 0.6 is 0 Å². The summed E-state index contributed by atoms with van der Waals surface area (Å²) in [6.45, 7) is 1.70. The lowest BCUT2D eigenvalue weighted by Gasteiger charge is -2.22. The number of aromatic nitrogens is 3. The first-order valence-electron chi connectivity index (χ1n) is 8.65. The largest absolute Gasteiger partial charge is 0.487 e. The van der Waals surface area contributed by atoms with E-state index in [1.54, 1.807) is 24.4 Å². The molecule has 2 heterocycles. The zero-order chi connectivity index (χ0) is 18.5. The number of carbonyl (C=O) groups excluding carboxylic acids is 1. The molecule has 0 saturated heterocycles. The van der Waals surface area contributed by atoms with Gasteiger partial charge in [-0.25, -0.2) is 13.8 Å². The first-order valence-corrected chi connectivity index (χ1v) is 8.65. The molecule has 2 aromatic rings. The Bertz CT molecular complexity index is 815. The van der Waals surface area contributed by atoms with Gasteiger partial charge in [-0.2, -0.15) is 5.10 Å². The van der Waals surface area contributed by atoms with Gasteiger partial charge in [0.05, 0.1) is 5.69 Å². The third kappa shape index (κ3) is 4.15. The van der Waals surface area contributed by atoms with Crippen molar-refractivity contribution < 1.29 is 18.3 Å². The van der Waals surface area contributed by atoms with Crippen LogP contribution < -0.4 is 4.74 Å². The van der Waals surface area contributed by atoms with Crippen LogP contribution in [0, 0.1) is 6.92 Å². The molecule has 26 heavy (non-hydrogen) atoms.